The van der Waals surface area contributed by atoms with Crippen molar-refractivity contribution in [2.24, 2.45) is 10.2 Å². The molecule has 0 bridgehead atoms. The second kappa shape index (κ2) is 3.76. The number of pyridine rings is 1. The molecule has 1 aromatic rings. The number of hydrogen-bond donors (Lipinski definition) is 1. The normalized spacial score (nSPS) is 16.1. The van der Waals surface area contributed by atoms with Gasteiger partial charge in [-0.15, -0.1) is 0 Å². The first-order chi connectivity index (χ1) is 7.18. The van der Waals surface area contributed by atoms with Gasteiger partial charge in [0.2, 0.25) is 5.91 Å². The van der Waals surface area contributed by atoms with Crippen LogP contribution in [0.1, 0.15) is 19.8 Å². The predicted octanol–water partition coefficient (Wildman–Crippen LogP) is 1.98. The van der Waals surface area contributed by atoms with E-state index in [2.05, 4.69) is 20.5 Å². The lowest BCUT2D eigenvalue weighted by Gasteiger charge is -2.05. The van der Waals surface area contributed by atoms with Gasteiger partial charge in [0.15, 0.2) is 5.66 Å². The van der Waals surface area contributed by atoms with E-state index < -0.39 is 0 Å². The molecule has 15 heavy (non-hydrogen) atoms. The second-order valence-electron chi connectivity index (χ2n) is 3.71. The van der Waals surface area contributed by atoms with Gasteiger partial charge < -0.3 is 5.32 Å². The number of amides is 1. The fraction of sp³-hybridized carbons (Fsp3) is 0.400. The van der Waals surface area contributed by atoms with Crippen LogP contribution in [-0.2, 0) is 4.79 Å². The first-order valence-corrected chi connectivity index (χ1v) is 4.82. The van der Waals surface area contributed by atoms with Crippen LogP contribution in [0.3, 0.4) is 0 Å². The van der Waals surface area contributed by atoms with Gasteiger partial charge in [-0.2, -0.15) is 10.2 Å². The van der Waals surface area contributed by atoms with Crippen LogP contribution in [0.4, 0.5) is 5.69 Å². The zero-order valence-electron chi connectivity index (χ0n) is 8.47. The van der Waals surface area contributed by atoms with Gasteiger partial charge in [0.25, 0.3) is 0 Å². The highest BCUT2D eigenvalue weighted by Crippen LogP contribution is 2.31. The molecule has 5 heteroatoms. The quantitative estimate of drug-likeness (QED) is 0.814. The molecule has 0 unspecified atom stereocenters. The molecule has 0 spiro atoms. The number of rotatable bonds is 4. The van der Waals surface area contributed by atoms with Crippen molar-refractivity contribution in [1.82, 2.24) is 4.98 Å². The van der Waals surface area contributed by atoms with E-state index in [-0.39, 0.29) is 11.6 Å². The summed E-state index contributed by atoms with van der Waals surface area (Å²) in [5, 5.41) is 10.4. The average molecular weight is 204 g/mol. The standard InChI is InChI=1S/C10H12N4O/c1-10(13-14-10)5-4-9(15)12-8-3-2-6-11-7-8/h2-3,6-7H,4-5H2,1H3,(H,12,15). The number of carbonyl (C=O) groups is 1. The van der Waals surface area contributed by atoms with Gasteiger partial charge in [0.1, 0.15) is 0 Å². The summed E-state index contributed by atoms with van der Waals surface area (Å²) < 4.78 is 0. The third-order valence-corrected chi connectivity index (χ3v) is 2.21. The molecule has 1 amide bonds. The van der Waals surface area contributed by atoms with Crippen molar-refractivity contribution < 1.29 is 4.79 Å². The summed E-state index contributed by atoms with van der Waals surface area (Å²) in [6.45, 7) is 1.91. The van der Waals surface area contributed by atoms with Crippen LogP contribution in [0, 0.1) is 0 Å². The fourth-order valence-corrected chi connectivity index (χ4v) is 1.20. The van der Waals surface area contributed by atoms with Gasteiger partial charge >= 0.3 is 0 Å². The molecule has 0 saturated heterocycles. The molecule has 1 N–H and O–H groups in total. The van der Waals surface area contributed by atoms with E-state index in [1.807, 2.05) is 6.92 Å². The van der Waals surface area contributed by atoms with Gasteiger partial charge in [-0.25, -0.2) is 0 Å². The lowest BCUT2D eigenvalue weighted by atomic mass is 10.1. The molecule has 78 valence electrons. The number of anilines is 1. The van der Waals surface area contributed by atoms with Crippen LogP contribution < -0.4 is 5.32 Å². The van der Waals surface area contributed by atoms with Crippen LogP contribution in [0.15, 0.2) is 34.8 Å². The van der Waals surface area contributed by atoms with Gasteiger partial charge in [-0.1, -0.05) is 0 Å². The van der Waals surface area contributed by atoms with Crippen LogP contribution in [0.2, 0.25) is 0 Å². The number of hydrogen-bond acceptors (Lipinski definition) is 4. The number of nitrogens with zero attached hydrogens (tertiary/aromatic N) is 3. The van der Waals surface area contributed by atoms with E-state index in [4.69, 9.17) is 0 Å². The van der Waals surface area contributed by atoms with E-state index in [0.29, 0.717) is 12.8 Å². The number of aromatic nitrogens is 1. The van der Waals surface area contributed by atoms with Crippen molar-refractivity contribution in [3.63, 3.8) is 0 Å². The average Bonchev–Trinajstić information content (AvgIpc) is 2.96. The third-order valence-electron chi connectivity index (χ3n) is 2.21. The molecule has 1 aromatic heterocycles. The SMILES string of the molecule is CC1(CCC(=O)Nc2cccnc2)N=N1. The Labute approximate surface area is 87.6 Å². The van der Waals surface area contributed by atoms with E-state index >= 15 is 0 Å². The van der Waals surface area contributed by atoms with Gasteiger partial charge in [0, 0.05) is 19.0 Å². The Kier molecular flexibility index (Phi) is 2.45. The highest BCUT2D eigenvalue weighted by atomic mass is 16.1. The van der Waals surface area contributed by atoms with E-state index in [1.54, 1.807) is 24.5 Å². The Hall–Kier alpha value is -1.78. The Morgan fingerprint density at radius 1 is 1.53 bits per heavy atom. The van der Waals surface area contributed by atoms with Gasteiger partial charge in [0.05, 0.1) is 11.9 Å². The van der Waals surface area contributed by atoms with Gasteiger partial charge in [-0.3, -0.25) is 9.78 Å². The van der Waals surface area contributed by atoms with Crippen molar-refractivity contribution in [1.29, 1.82) is 0 Å². The maximum Gasteiger partial charge on any atom is 0.224 e. The minimum absolute atomic E-state index is 0.0264. The summed E-state index contributed by atoms with van der Waals surface area (Å²) in [4.78, 5) is 15.4. The smallest absolute Gasteiger partial charge is 0.224 e. The highest BCUT2D eigenvalue weighted by molar-refractivity contribution is 5.90. The van der Waals surface area contributed by atoms with E-state index in [1.165, 1.54) is 0 Å². The van der Waals surface area contributed by atoms with E-state index in [0.717, 1.165) is 5.69 Å². The van der Waals surface area contributed by atoms with E-state index in [9.17, 15) is 4.79 Å². The molecular weight excluding hydrogens is 192 g/mol. The second-order valence-corrected chi connectivity index (χ2v) is 3.71. The Bertz CT molecular complexity index is 382. The van der Waals surface area contributed by atoms with Crippen molar-refractivity contribution in [2.45, 2.75) is 25.4 Å². The Balaban J connectivity index is 1.77. The lowest BCUT2D eigenvalue weighted by molar-refractivity contribution is -0.116. The zero-order valence-corrected chi connectivity index (χ0v) is 8.47. The fourth-order valence-electron chi connectivity index (χ4n) is 1.20. The van der Waals surface area contributed by atoms with Crippen LogP contribution in [0.25, 0.3) is 0 Å². The lowest BCUT2D eigenvalue weighted by Crippen LogP contribution is -2.15. The molecule has 0 radical (unpaired) electrons. The molecule has 1 aliphatic rings. The summed E-state index contributed by atoms with van der Waals surface area (Å²) in [5.41, 5.74) is 0.420. The molecular formula is C10H12N4O. The molecule has 5 nitrogen and oxygen atoms in total. The van der Waals surface area contributed by atoms with Crippen molar-refractivity contribution in [3.8, 4) is 0 Å². The maximum atomic E-state index is 11.5. The molecule has 1 aliphatic heterocycles. The Morgan fingerprint density at radius 2 is 2.33 bits per heavy atom. The minimum atomic E-state index is -0.299. The maximum absolute atomic E-state index is 11.5. The molecule has 0 atom stereocenters. The largest absolute Gasteiger partial charge is 0.325 e. The van der Waals surface area contributed by atoms with Gasteiger partial charge in [-0.05, 0) is 19.1 Å². The van der Waals surface area contributed by atoms with Crippen LogP contribution in [0.5, 0.6) is 0 Å². The first kappa shape index (κ1) is 9.76. The van der Waals surface area contributed by atoms with Crippen molar-refractivity contribution in [2.75, 3.05) is 5.32 Å². The number of carbonyl (C=O) groups excluding carboxylic acids is 1. The first-order valence-electron chi connectivity index (χ1n) is 4.82. The Morgan fingerprint density at radius 3 is 2.93 bits per heavy atom. The molecule has 0 aromatic carbocycles. The number of nitrogens with one attached hydrogen (secondary N) is 1. The van der Waals surface area contributed by atoms with Crippen LogP contribution >= 0.6 is 0 Å². The molecule has 0 aliphatic carbocycles. The van der Waals surface area contributed by atoms with Crippen molar-refractivity contribution >= 4 is 11.6 Å². The topological polar surface area (TPSA) is 66.7 Å². The molecule has 0 fully saturated rings. The molecule has 2 rings (SSSR count). The summed E-state index contributed by atoms with van der Waals surface area (Å²) in [7, 11) is 0. The molecule has 0 saturated carbocycles. The summed E-state index contributed by atoms with van der Waals surface area (Å²) >= 11 is 0. The summed E-state index contributed by atoms with van der Waals surface area (Å²) in [5.74, 6) is -0.0264. The summed E-state index contributed by atoms with van der Waals surface area (Å²) in [6, 6.07) is 3.58. The highest BCUT2D eigenvalue weighted by Gasteiger charge is 2.33. The minimum Gasteiger partial charge on any atom is -0.325 e. The van der Waals surface area contributed by atoms with Crippen molar-refractivity contribution in [3.05, 3.63) is 24.5 Å². The molecule has 2 heterocycles. The summed E-state index contributed by atoms with van der Waals surface area (Å²) in [6.07, 6.45) is 4.38. The monoisotopic (exact) mass is 204 g/mol. The zero-order chi connectivity index (χ0) is 10.7. The predicted molar refractivity (Wildman–Crippen MR) is 55.4 cm³/mol. The van der Waals surface area contributed by atoms with Crippen LogP contribution in [-0.4, -0.2) is 16.6 Å². The third kappa shape index (κ3) is 2.83.